The van der Waals surface area contributed by atoms with Crippen molar-refractivity contribution in [1.82, 2.24) is 20.2 Å². The van der Waals surface area contributed by atoms with Crippen LogP contribution in [0.15, 0.2) is 54.9 Å². The van der Waals surface area contributed by atoms with Gasteiger partial charge in [-0.15, -0.1) is 0 Å². The standard InChI is InChI=1S/C15H15N5/c16-13(10-11-4-2-1-3-5-11)15-18-14(19-20-15)12-6-8-17-9-7-12/h1-9,13H,10,16H2,(H,18,19,20)/t13-/m0/s1. The Morgan fingerprint density at radius 3 is 2.55 bits per heavy atom. The molecule has 3 rings (SSSR count). The maximum absolute atomic E-state index is 6.17. The molecule has 3 aromatic rings. The molecule has 2 heterocycles. The van der Waals surface area contributed by atoms with Crippen LogP contribution in [0.3, 0.4) is 0 Å². The number of hydrogen-bond acceptors (Lipinski definition) is 4. The van der Waals surface area contributed by atoms with Gasteiger partial charge >= 0.3 is 0 Å². The van der Waals surface area contributed by atoms with Crippen LogP contribution in [-0.4, -0.2) is 20.2 Å². The Morgan fingerprint density at radius 2 is 1.80 bits per heavy atom. The van der Waals surface area contributed by atoms with Crippen molar-refractivity contribution in [2.45, 2.75) is 12.5 Å². The van der Waals surface area contributed by atoms with Gasteiger partial charge in [-0.2, -0.15) is 5.10 Å². The van der Waals surface area contributed by atoms with Crippen molar-refractivity contribution in [2.24, 2.45) is 5.73 Å². The predicted molar refractivity (Wildman–Crippen MR) is 76.7 cm³/mol. The number of H-pyrrole nitrogens is 1. The van der Waals surface area contributed by atoms with Crippen LogP contribution in [0.2, 0.25) is 0 Å². The largest absolute Gasteiger partial charge is 0.321 e. The number of benzene rings is 1. The van der Waals surface area contributed by atoms with E-state index in [1.165, 1.54) is 5.56 Å². The molecule has 0 radical (unpaired) electrons. The summed E-state index contributed by atoms with van der Waals surface area (Å²) in [6.07, 6.45) is 4.16. The van der Waals surface area contributed by atoms with E-state index in [0.717, 1.165) is 12.0 Å². The normalized spacial score (nSPS) is 12.2. The number of nitrogens with two attached hydrogens (primary N) is 1. The number of nitrogens with one attached hydrogen (secondary N) is 1. The Balaban J connectivity index is 1.77. The van der Waals surface area contributed by atoms with Gasteiger partial charge in [0.1, 0.15) is 5.82 Å². The van der Waals surface area contributed by atoms with Gasteiger partial charge in [-0.05, 0) is 24.1 Å². The summed E-state index contributed by atoms with van der Waals surface area (Å²) in [4.78, 5) is 8.44. The highest BCUT2D eigenvalue weighted by atomic mass is 15.2. The smallest absolute Gasteiger partial charge is 0.181 e. The molecule has 1 aromatic carbocycles. The zero-order chi connectivity index (χ0) is 13.8. The van der Waals surface area contributed by atoms with Gasteiger partial charge < -0.3 is 5.73 Å². The van der Waals surface area contributed by atoms with Crippen LogP contribution in [-0.2, 0) is 6.42 Å². The first kappa shape index (κ1) is 12.5. The molecule has 100 valence electrons. The summed E-state index contributed by atoms with van der Waals surface area (Å²) in [5.41, 5.74) is 8.28. The lowest BCUT2D eigenvalue weighted by Crippen LogP contribution is -2.15. The minimum Gasteiger partial charge on any atom is -0.321 e. The molecule has 3 N–H and O–H groups in total. The lowest BCUT2D eigenvalue weighted by atomic mass is 10.1. The summed E-state index contributed by atoms with van der Waals surface area (Å²) in [6, 6.07) is 13.7. The number of pyridine rings is 1. The fraction of sp³-hybridized carbons (Fsp3) is 0.133. The predicted octanol–water partition coefficient (Wildman–Crippen LogP) is 2.11. The Morgan fingerprint density at radius 1 is 1.05 bits per heavy atom. The maximum atomic E-state index is 6.17. The van der Waals surface area contributed by atoms with E-state index >= 15 is 0 Å². The molecule has 0 amide bonds. The van der Waals surface area contributed by atoms with Gasteiger partial charge in [-0.25, -0.2) is 4.98 Å². The van der Waals surface area contributed by atoms with E-state index < -0.39 is 0 Å². The minimum absolute atomic E-state index is 0.194. The summed E-state index contributed by atoms with van der Waals surface area (Å²) >= 11 is 0. The second-order valence-electron chi connectivity index (χ2n) is 4.58. The number of aromatic nitrogens is 4. The highest BCUT2D eigenvalue weighted by Gasteiger charge is 2.13. The van der Waals surface area contributed by atoms with E-state index in [4.69, 9.17) is 5.73 Å². The van der Waals surface area contributed by atoms with Crippen molar-refractivity contribution in [3.05, 3.63) is 66.2 Å². The van der Waals surface area contributed by atoms with Crippen molar-refractivity contribution in [1.29, 1.82) is 0 Å². The third-order valence-corrected chi connectivity index (χ3v) is 3.09. The summed E-state index contributed by atoms with van der Waals surface area (Å²) in [5.74, 6) is 1.34. The molecule has 0 saturated heterocycles. The van der Waals surface area contributed by atoms with Crippen LogP contribution in [0.4, 0.5) is 0 Å². The van der Waals surface area contributed by atoms with E-state index in [0.29, 0.717) is 11.6 Å². The Kier molecular flexibility index (Phi) is 3.52. The van der Waals surface area contributed by atoms with Gasteiger partial charge in [0.25, 0.3) is 0 Å². The van der Waals surface area contributed by atoms with Crippen LogP contribution in [0, 0.1) is 0 Å². The van der Waals surface area contributed by atoms with Crippen LogP contribution >= 0.6 is 0 Å². The molecule has 0 fully saturated rings. The zero-order valence-electron chi connectivity index (χ0n) is 10.9. The monoisotopic (exact) mass is 265 g/mol. The van der Waals surface area contributed by atoms with Gasteiger partial charge in [-0.1, -0.05) is 30.3 Å². The van der Waals surface area contributed by atoms with Gasteiger partial charge in [0, 0.05) is 18.0 Å². The number of hydrogen-bond donors (Lipinski definition) is 2. The van der Waals surface area contributed by atoms with Crippen LogP contribution in [0.5, 0.6) is 0 Å². The van der Waals surface area contributed by atoms with Crippen molar-refractivity contribution in [3.63, 3.8) is 0 Å². The highest BCUT2D eigenvalue weighted by Crippen LogP contribution is 2.17. The molecule has 5 nitrogen and oxygen atoms in total. The lowest BCUT2D eigenvalue weighted by Gasteiger charge is -2.07. The van der Waals surface area contributed by atoms with Gasteiger partial charge in [0.15, 0.2) is 5.82 Å². The fourth-order valence-electron chi connectivity index (χ4n) is 2.03. The molecular formula is C15H15N5. The van der Waals surface area contributed by atoms with Crippen molar-refractivity contribution >= 4 is 0 Å². The minimum atomic E-state index is -0.194. The highest BCUT2D eigenvalue weighted by molar-refractivity contribution is 5.53. The van der Waals surface area contributed by atoms with Gasteiger partial charge in [-0.3, -0.25) is 10.1 Å². The van der Waals surface area contributed by atoms with Gasteiger partial charge in [0.2, 0.25) is 0 Å². The Bertz CT molecular complexity index is 663. The summed E-state index contributed by atoms with van der Waals surface area (Å²) in [6.45, 7) is 0. The molecule has 0 saturated carbocycles. The Labute approximate surface area is 116 Å². The third kappa shape index (κ3) is 2.73. The molecule has 0 bridgehead atoms. The quantitative estimate of drug-likeness (QED) is 0.757. The Hall–Kier alpha value is -2.53. The molecule has 0 aliphatic carbocycles. The van der Waals surface area contributed by atoms with E-state index in [1.807, 2.05) is 30.3 Å². The first-order valence-corrected chi connectivity index (χ1v) is 6.45. The molecule has 5 heteroatoms. The van der Waals surface area contributed by atoms with Crippen LogP contribution < -0.4 is 5.73 Å². The summed E-state index contributed by atoms with van der Waals surface area (Å²) in [5, 5.41) is 7.12. The third-order valence-electron chi connectivity index (χ3n) is 3.09. The molecule has 20 heavy (non-hydrogen) atoms. The maximum Gasteiger partial charge on any atom is 0.181 e. The molecule has 1 atom stereocenters. The lowest BCUT2D eigenvalue weighted by molar-refractivity contribution is 0.671. The molecule has 0 aliphatic rings. The molecule has 0 spiro atoms. The number of nitrogens with zero attached hydrogens (tertiary/aromatic N) is 3. The zero-order valence-corrected chi connectivity index (χ0v) is 10.9. The van der Waals surface area contributed by atoms with E-state index in [2.05, 4.69) is 32.3 Å². The second-order valence-corrected chi connectivity index (χ2v) is 4.58. The summed E-state index contributed by atoms with van der Waals surface area (Å²) in [7, 11) is 0. The first-order valence-electron chi connectivity index (χ1n) is 6.45. The SMILES string of the molecule is N[C@@H](Cc1ccccc1)c1nc(-c2ccncc2)n[nH]1. The average Bonchev–Trinajstić information content (AvgIpc) is 2.99. The van der Waals surface area contributed by atoms with Crippen molar-refractivity contribution in [2.75, 3.05) is 0 Å². The molecule has 2 aromatic heterocycles. The van der Waals surface area contributed by atoms with E-state index in [1.54, 1.807) is 12.4 Å². The topological polar surface area (TPSA) is 80.5 Å². The van der Waals surface area contributed by atoms with Gasteiger partial charge in [0.05, 0.1) is 6.04 Å². The van der Waals surface area contributed by atoms with Crippen molar-refractivity contribution in [3.8, 4) is 11.4 Å². The molecule has 0 aliphatic heterocycles. The fourth-order valence-corrected chi connectivity index (χ4v) is 2.03. The number of aromatic amines is 1. The van der Waals surface area contributed by atoms with E-state index in [9.17, 15) is 0 Å². The average molecular weight is 265 g/mol. The first-order chi connectivity index (χ1) is 9.83. The van der Waals surface area contributed by atoms with E-state index in [-0.39, 0.29) is 6.04 Å². The molecule has 0 unspecified atom stereocenters. The van der Waals surface area contributed by atoms with Crippen LogP contribution in [0.25, 0.3) is 11.4 Å². The second kappa shape index (κ2) is 5.63. The summed E-state index contributed by atoms with van der Waals surface area (Å²) < 4.78 is 0. The van der Waals surface area contributed by atoms with Crippen LogP contribution in [0.1, 0.15) is 17.4 Å². The van der Waals surface area contributed by atoms with Crippen molar-refractivity contribution < 1.29 is 0 Å². The number of rotatable bonds is 4. The molecular weight excluding hydrogens is 250 g/mol.